The van der Waals surface area contributed by atoms with Crippen LogP contribution >= 0.6 is 0 Å². The second-order valence-corrected chi connectivity index (χ2v) is 13.3. The van der Waals surface area contributed by atoms with E-state index < -0.39 is 11.2 Å². The summed E-state index contributed by atoms with van der Waals surface area (Å²) in [4.78, 5) is 0. The van der Waals surface area contributed by atoms with Gasteiger partial charge in [-0.15, -0.1) is 6.42 Å². The van der Waals surface area contributed by atoms with Crippen LogP contribution in [-0.2, 0) is 6.54 Å². The van der Waals surface area contributed by atoms with Crippen molar-refractivity contribution in [2.45, 2.75) is 110 Å². The molecule has 0 aromatic carbocycles. The zero-order valence-electron chi connectivity index (χ0n) is 21.2. The Morgan fingerprint density at radius 2 is 1.85 bits per heavy atom. The van der Waals surface area contributed by atoms with E-state index in [1.54, 1.807) is 6.20 Å². The van der Waals surface area contributed by atoms with Gasteiger partial charge in [0.05, 0.1) is 29.5 Å². The van der Waals surface area contributed by atoms with E-state index in [4.69, 9.17) is 6.42 Å². The molecule has 4 aliphatic carbocycles. The van der Waals surface area contributed by atoms with Crippen LogP contribution in [0.25, 0.3) is 0 Å². The van der Waals surface area contributed by atoms with E-state index in [0.29, 0.717) is 23.8 Å². The van der Waals surface area contributed by atoms with E-state index in [1.807, 2.05) is 17.8 Å². The fourth-order valence-corrected chi connectivity index (χ4v) is 9.61. The van der Waals surface area contributed by atoms with Gasteiger partial charge >= 0.3 is 0 Å². The summed E-state index contributed by atoms with van der Waals surface area (Å²) in [6, 6.07) is 0. The molecule has 4 aliphatic rings. The number of fused-ring (bicyclic) bond motifs is 5. The Morgan fingerprint density at radius 1 is 1.09 bits per heavy atom. The first-order chi connectivity index (χ1) is 15.5. The average Bonchev–Trinajstić information content (AvgIpc) is 3.19. The van der Waals surface area contributed by atoms with Crippen molar-refractivity contribution in [1.29, 1.82) is 0 Å². The maximum absolute atomic E-state index is 11.8. The highest BCUT2D eigenvalue weighted by Crippen LogP contribution is 2.68. The molecule has 0 saturated heterocycles. The largest absolute Gasteiger partial charge is 0.390 e. The van der Waals surface area contributed by atoms with E-state index >= 15 is 0 Å². The molecule has 4 nitrogen and oxygen atoms in total. The van der Waals surface area contributed by atoms with Gasteiger partial charge in [-0.05, 0) is 112 Å². The quantitative estimate of drug-likeness (QED) is 0.603. The standard InChI is InChI=1S/C29H44N2O2/c1-6-20-17-30-31(18-20)19-29(5,33)25-9-7-8-23-22-11-10-21-16-26(2,32)14-15-27(21,3)24(22)12-13-28(23,25)4/h1,17-18,21-25,32-33H,7-16,19H2,2-5H3/t21-,22+,23+,24+,25+,26-,27+,28+,29-/m1/s1. The minimum atomic E-state index is -0.803. The monoisotopic (exact) mass is 452 g/mol. The summed E-state index contributed by atoms with van der Waals surface area (Å²) in [5, 5.41) is 27.0. The van der Waals surface area contributed by atoms with E-state index in [-0.39, 0.29) is 11.3 Å². The lowest BCUT2D eigenvalue weighted by atomic mass is 9.40. The van der Waals surface area contributed by atoms with Gasteiger partial charge in [-0.1, -0.05) is 26.2 Å². The summed E-state index contributed by atoms with van der Waals surface area (Å²) < 4.78 is 1.84. The van der Waals surface area contributed by atoms with Crippen LogP contribution in [0.3, 0.4) is 0 Å². The van der Waals surface area contributed by atoms with Crippen LogP contribution in [0.1, 0.15) is 97.5 Å². The van der Waals surface area contributed by atoms with Gasteiger partial charge in [0, 0.05) is 6.20 Å². The molecule has 1 heterocycles. The number of aliphatic hydroxyl groups is 2. The zero-order chi connectivity index (χ0) is 23.6. The molecular formula is C29H44N2O2. The Kier molecular flexibility index (Phi) is 5.58. The minimum Gasteiger partial charge on any atom is -0.390 e. The fourth-order valence-electron chi connectivity index (χ4n) is 9.61. The molecule has 0 unspecified atom stereocenters. The SMILES string of the molecule is C#Cc1cnn(C[C@@](C)(O)[C@H]2CCC[C@H]3[C@@H]4CC[C@@H]5C[C@](C)(O)CC[C@]5(C)[C@H]4CC[C@@]32C)c1. The van der Waals surface area contributed by atoms with Gasteiger partial charge in [0.1, 0.15) is 0 Å². The van der Waals surface area contributed by atoms with Crippen molar-refractivity contribution in [1.82, 2.24) is 9.78 Å². The molecule has 2 N–H and O–H groups in total. The molecule has 9 atom stereocenters. The van der Waals surface area contributed by atoms with E-state index in [9.17, 15) is 10.2 Å². The topological polar surface area (TPSA) is 58.3 Å². The van der Waals surface area contributed by atoms with Gasteiger partial charge in [0.2, 0.25) is 0 Å². The van der Waals surface area contributed by atoms with Crippen LogP contribution in [0.2, 0.25) is 0 Å². The van der Waals surface area contributed by atoms with Gasteiger partial charge < -0.3 is 10.2 Å². The summed E-state index contributed by atoms with van der Waals surface area (Å²) >= 11 is 0. The lowest BCUT2D eigenvalue weighted by Crippen LogP contribution is -2.60. The molecule has 0 aliphatic heterocycles. The predicted octanol–water partition coefficient (Wildman–Crippen LogP) is 5.42. The number of rotatable bonds is 3. The number of hydrogen-bond acceptors (Lipinski definition) is 3. The van der Waals surface area contributed by atoms with Crippen LogP contribution in [0, 0.1) is 52.8 Å². The summed E-state index contributed by atoms with van der Waals surface area (Å²) in [5.41, 5.74) is 0.0518. The smallest absolute Gasteiger partial charge is 0.0848 e. The molecule has 4 fully saturated rings. The molecule has 1 aromatic rings. The second-order valence-electron chi connectivity index (χ2n) is 13.3. The van der Waals surface area contributed by atoms with Crippen molar-refractivity contribution in [2.24, 2.45) is 40.4 Å². The number of nitrogens with zero attached hydrogens (tertiary/aromatic N) is 2. The first-order valence-electron chi connectivity index (χ1n) is 13.4. The average molecular weight is 453 g/mol. The molecular weight excluding hydrogens is 408 g/mol. The van der Waals surface area contributed by atoms with Crippen LogP contribution in [0.5, 0.6) is 0 Å². The molecule has 1 aromatic heterocycles. The van der Waals surface area contributed by atoms with E-state index in [0.717, 1.165) is 36.7 Å². The third-order valence-corrected chi connectivity index (χ3v) is 11.2. The summed E-state index contributed by atoms with van der Waals surface area (Å²) in [7, 11) is 0. The Morgan fingerprint density at radius 3 is 2.58 bits per heavy atom. The lowest BCUT2D eigenvalue weighted by molar-refractivity contribution is -0.190. The Balaban J connectivity index is 1.39. The van der Waals surface area contributed by atoms with Crippen molar-refractivity contribution in [2.75, 3.05) is 0 Å². The summed E-state index contributed by atoms with van der Waals surface area (Å²) in [6.07, 6.45) is 20.9. The van der Waals surface area contributed by atoms with Gasteiger partial charge in [0.15, 0.2) is 0 Å². The maximum Gasteiger partial charge on any atom is 0.0848 e. The number of terminal acetylenes is 1. The molecule has 5 rings (SSSR count). The van der Waals surface area contributed by atoms with Gasteiger partial charge in [-0.3, -0.25) is 4.68 Å². The Bertz CT molecular complexity index is 926. The second kappa shape index (κ2) is 7.85. The van der Waals surface area contributed by atoms with Crippen LogP contribution < -0.4 is 0 Å². The van der Waals surface area contributed by atoms with Crippen molar-refractivity contribution in [3.05, 3.63) is 18.0 Å². The lowest BCUT2D eigenvalue weighted by Gasteiger charge is -2.65. The summed E-state index contributed by atoms with van der Waals surface area (Å²) in [6.45, 7) is 9.66. The van der Waals surface area contributed by atoms with Gasteiger partial charge in [0.25, 0.3) is 0 Å². The molecule has 0 amide bonds. The first kappa shape index (κ1) is 23.4. The number of aromatic nitrogens is 2. The fraction of sp³-hybridized carbons (Fsp3) is 0.828. The van der Waals surface area contributed by atoms with Crippen molar-refractivity contribution in [3.63, 3.8) is 0 Å². The normalized spacial score (nSPS) is 46.9. The molecule has 0 spiro atoms. The van der Waals surface area contributed by atoms with E-state index in [1.165, 1.54) is 44.9 Å². The highest BCUT2D eigenvalue weighted by Gasteiger charge is 2.61. The molecule has 182 valence electrons. The predicted molar refractivity (Wildman–Crippen MR) is 131 cm³/mol. The third kappa shape index (κ3) is 3.79. The first-order valence-corrected chi connectivity index (χ1v) is 13.4. The molecule has 0 bridgehead atoms. The Hall–Kier alpha value is -1.31. The molecule has 0 radical (unpaired) electrons. The third-order valence-electron chi connectivity index (χ3n) is 11.2. The van der Waals surface area contributed by atoms with Gasteiger partial charge in [-0.2, -0.15) is 5.10 Å². The van der Waals surface area contributed by atoms with Crippen LogP contribution in [0.15, 0.2) is 12.4 Å². The molecule has 4 saturated carbocycles. The van der Waals surface area contributed by atoms with Crippen molar-refractivity contribution < 1.29 is 10.2 Å². The Labute approximate surface area is 200 Å². The van der Waals surface area contributed by atoms with Crippen molar-refractivity contribution in [3.8, 4) is 12.3 Å². The van der Waals surface area contributed by atoms with Gasteiger partial charge in [-0.25, -0.2) is 0 Å². The zero-order valence-corrected chi connectivity index (χ0v) is 21.2. The highest BCUT2D eigenvalue weighted by molar-refractivity contribution is 5.26. The maximum atomic E-state index is 11.8. The van der Waals surface area contributed by atoms with Crippen LogP contribution in [0.4, 0.5) is 0 Å². The number of hydrogen-bond donors (Lipinski definition) is 2. The molecule has 33 heavy (non-hydrogen) atoms. The van der Waals surface area contributed by atoms with Crippen molar-refractivity contribution >= 4 is 0 Å². The highest BCUT2D eigenvalue weighted by atomic mass is 16.3. The summed E-state index contributed by atoms with van der Waals surface area (Å²) in [5.74, 6) is 5.83. The van der Waals surface area contributed by atoms with E-state index in [2.05, 4.69) is 31.8 Å². The molecule has 4 heteroatoms. The minimum absolute atomic E-state index is 0.175. The van der Waals surface area contributed by atoms with Crippen LogP contribution in [-0.4, -0.2) is 31.2 Å².